The molecule has 8 heteroatoms. The third-order valence-electron chi connectivity index (χ3n) is 6.76. The largest absolute Gasteiger partial charge is 0.444 e. The van der Waals surface area contributed by atoms with Gasteiger partial charge in [0.15, 0.2) is 0 Å². The van der Waals surface area contributed by atoms with Crippen molar-refractivity contribution >= 4 is 29.7 Å². The molecule has 214 valence electrons. The molecule has 1 aromatic rings. The van der Waals surface area contributed by atoms with E-state index >= 15 is 0 Å². The Bertz CT molecular complexity index is 853. The third kappa shape index (κ3) is 11.3. The zero-order chi connectivity index (χ0) is 28.0. The number of nitrogens with zero attached hydrogens (tertiary/aromatic N) is 1. The Kier molecular flexibility index (Phi) is 14.0. The maximum absolute atomic E-state index is 14.2. The van der Waals surface area contributed by atoms with Gasteiger partial charge < -0.3 is 20.3 Å². The Morgan fingerprint density at radius 3 is 2.34 bits per heavy atom. The van der Waals surface area contributed by atoms with Gasteiger partial charge in [0, 0.05) is 12.6 Å². The highest BCUT2D eigenvalue weighted by molar-refractivity contribution is 7.98. The number of benzene rings is 1. The molecule has 1 fully saturated rings. The van der Waals surface area contributed by atoms with Crippen molar-refractivity contribution < 1.29 is 19.1 Å². The number of rotatable bonds is 14. The van der Waals surface area contributed by atoms with Gasteiger partial charge in [-0.25, -0.2) is 4.79 Å². The summed E-state index contributed by atoms with van der Waals surface area (Å²) in [7, 11) is 0. The fraction of sp³-hybridized carbons (Fsp3) is 0.700. The van der Waals surface area contributed by atoms with Crippen LogP contribution in [0.2, 0.25) is 0 Å². The monoisotopic (exact) mass is 547 g/mol. The predicted octanol–water partition coefficient (Wildman–Crippen LogP) is 6.23. The minimum Gasteiger partial charge on any atom is -0.444 e. The molecule has 2 atom stereocenters. The van der Waals surface area contributed by atoms with Crippen LogP contribution in [0.5, 0.6) is 0 Å². The zero-order valence-electron chi connectivity index (χ0n) is 24.1. The van der Waals surface area contributed by atoms with E-state index in [1.165, 1.54) is 6.42 Å². The molecule has 0 saturated heterocycles. The van der Waals surface area contributed by atoms with Gasteiger partial charge in [-0.2, -0.15) is 11.8 Å². The van der Waals surface area contributed by atoms with Crippen LogP contribution >= 0.6 is 11.8 Å². The van der Waals surface area contributed by atoms with Crippen molar-refractivity contribution in [3.63, 3.8) is 0 Å². The van der Waals surface area contributed by atoms with Crippen LogP contribution in [-0.4, -0.2) is 59.0 Å². The Morgan fingerprint density at radius 1 is 1.05 bits per heavy atom. The summed E-state index contributed by atoms with van der Waals surface area (Å²) in [6.45, 7) is 7.99. The van der Waals surface area contributed by atoms with Gasteiger partial charge in [-0.1, -0.05) is 75.8 Å². The van der Waals surface area contributed by atoms with E-state index in [4.69, 9.17) is 4.74 Å². The Morgan fingerprint density at radius 2 is 1.74 bits per heavy atom. The van der Waals surface area contributed by atoms with E-state index in [0.29, 0.717) is 18.7 Å². The fourth-order valence-corrected chi connectivity index (χ4v) is 5.33. The lowest BCUT2D eigenvalue weighted by molar-refractivity contribution is -0.143. The molecule has 0 radical (unpaired) electrons. The summed E-state index contributed by atoms with van der Waals surface area (Å²) in [6, 6.07) is 8.14. The molecule has 2 unspecified atom stereocenters. The van der Waals surface area contributed by atoms with Crippen molar-refractivity contribution in [3.05, 3.63) is 35.9 Å². The number of nitrogens with one attached hydrogen (secondary N) is 2. The number of hydrogen-bond acceptors (Lipinski definition) is 5. The molecule has 38 heavy (non-hydrogen) atoms. The second-order valence-corrected chi connectivity index (χ2v) is 12.2. The van der Waals surface area contributed by atoms with E-state index in [0.717, 1.165) is 56.9 Å². The first kappa shape index (κ1) is 32.0. The van der Waals surface area contributed by atoms with Crippen LogP contribution in [0.4, 0.5) is 4.79 Å². The average molecular weight is 548 g/mol. The van der Waals surface area contributed by atoms with Gasteiger partial charge in [0.05, 0.1) is 0 Å². The summed E-state index contributed by atoms with van der Waals surface area (Å²) in [4.78, 5) is 42.5. The molecule has 7 nitrogen and oxygen atoms in total. The van der Waals surface area contributed by atoms with E-state index in [1.807, 2.05) is 36.6 Å². The van der Waals surface area contributed by atoms with Crippen molar-refractivity contribution in [2.75, 3.05) is 18.6 Å². The van der Waals surface area contributed by atoms with Crippen LogP contribution < -0.4 is 10.6 Å². The molecule has 0 bridgehead atoms. The molecule has 1 aromatic carbocycles. The predicted molar refractivity (Wildman–Crippen MR) is 156 cm³/mol. The number of hydrogen-bond donors (Lipinski definition) is 2. The minimum atomic E-state index is -0.780. The maximum atomic E-state index is 14.2. The minimum absolute atomic E-state index is 0.131. The molecule has 0 heterocycles. The normalized spacial score (nSPS) is 15.8. The third-order valence-corrected chi connectivity index (χ3v) is 7.41. The summed E-state index contributed by atoms with van der Waals surface area (Å²) in [5, 5.41) is 6.08. The van der Waals surface area contributed by atoms with Gasteiger partial charge in [-0.3, -0.25) is 9.59 Å². The lowest BCUT2D eigenvalue weighted by Gasteiger charge is -2.36. The smallest absolute Gasteiger partial charge is 0.408 e. The highest BCUT2D eigenvalue weighted by Crippen LogP contribution is 2.26. The average Bonchev–Trinajstić information content (AvgIpc) is 2.88. The van der Waals surface area contributed by atoms with Crippen molar-refractivity contribution in [3.8, 4) is 0 Å². The molecule has 1 saturated carbocycles. The fourth-order valence-electron chi connectivity index (χ4n) is 4.85. The van der Waals surface area contributed by atoms with Gasteiger partial charge in [-0.05, 0) is 64.0 Å². The molecule has 0 spiro atoms. The number of amides is 3. The molecule has 1 aliphatic rings. The van der Waals surface area contributed by atoms with Crippen LogP contribution in [0.3, 0.4) is 0 Å². The molecular weight excluding hydrogens is 498 g/mol. The second-order valence-electron chi connectivity index (χ2n) is 11.2. The van der Waals surface area contributed by atoms with Gasteiger partial charge in [-0.15, -0.1) is 0 Å². The highest BCUT2D eigenvalue weighted by Gasteiger charge is 2.36. The summed E-state index contributed by atoms with van der Waals surface area (Å²) in [5.41, 5.74) is 0.106. The number of carbonyl (C=O) groups excluding carboxylic acids is 3. The Hall–Kier alpha value is -2.22. The molecule has 1 aliphatic carbocycles. The summed E-state index contributed by atoms with van der Waals surface area (Å²) < 4.78 is 5.48. The molecule has 2 N–H and O–H groups in total. The van der Waals surface area contributed by atoms with Crippen LogP contribution in [-0.2, 0) is 14.3 Å². The quantitative estimate of drug-likeness (QED) is 0.270. The molecule has 0 aromatic heterocycles. The van der Waals surface area contributed by atoms with E-state index in [-0.39, 0.29) is 17.9 Å². The first-order valence-electron chi connectivity index (χ1n) is 14.3. The summed E-state index contributed by atoms with van der Waals surface area (Å²) >= 11 is 1.62. The van der Waals surface area contributed by atoms with Gasteiger partial charge >= 0.3 is 6.09 Å². The van der Waals surface area contributed by atoms with E-state index in [9.17, 15) is 14.4 Å². The summed E-state index contributed by atoms with van der Waals surface area (Å²) in [5.74, 6) is 0.307. The second kappa shape index (κ2) is 16.7. The van der Waals surface area contributed by atoms with Crippen LogP contribution in [0.25, 0.3) is 0 Å². The molecular formula is C30H49N3O4S. The molecule has 3 amide bonds. The molecule has 2 rings (SSSR count). The van der Waals surface area contributed by atoms with Crippen LogP contribution in [0.1, 0.15) is 104 Å². The summed E-state index contributed by atoms with van der Waals surface area (Å²) in [6.07, 6.45) is 11.1. The van der Waals surface area contributed by atoms with E-state index < -0.39 is 23.8 Å². The number of ether oxygens (including phenoxy) is 1. The number of alkyl carbamates (subject to hydrolysis) is 1. The van der Waals surface area contributed by atoms with Crippen molar-refractivity contribution in [1.29, 1.82) is 0 Å². The van der Waals surface area contributed by atoms with Gasteiger partial charge in [0.25, 0.3) is 0 Å². The maximum Gasteiger partial charge on any atom is 0.408 e. The van der Waals surface area contributed by atoms with E-state index in [1.54, 1.807) is 37.4 Å². The SMILES string of the molecule is CCCCCCN(C(=O)C(CCSC)NC(=O)OC(C)(C)C)C(C(=O)NC1CCCCC1)c1ccccc1. The molecule has 0 aliphatic heterocycles. The van der Waals surface area contributed by atoms with Crippen molar-refractivity contribution in [2.24, 2.45) is 0 Å². The lowest BCUT2D eigenvalue weighted by Crippen LogP contribution is -2.54. The van der Waals surface area contributed by atoms with Crippen molar-refractivity contribution in [2.45, 2.75) is 116 Å². The van der Waals surface area contributed by atoms with E-state index in [2.05, 4.69) is 17.6 Å². The zero-order valence-corrected chi connectivity index (χ0v) is 24.9. The van der Waals surface area contributed by atoms with Crippen molar-refractivity contribution in [1.82, 2.24) is 15.5 Å². The number of thioether (sulfide) groups is 1. The van der Waals surface area contributed by atoms with Gasteiger partial charge in [0.1, 0.15) is 17.7 Å². The standard InChI is InChI=1S/C30H49N3O4S/c1-6-7-8-15-21-33(28(35)25(20-22-38-5)32-29(36)37-30(2,3)4)26(23-16-11-9-12-17-23)27(34)31-24-18-13-10-14-19-24/h9,11-12,16-17,24-26H,6-8,10,13-15,18-22H2,1-5H3,(H,31,34)(H,32,36). The number of unbranched alkanes of at least 4 members (excludes halogenated alkanes) is 3. The highest BCUT2D eigenvalue weighted by atomic mass is 32.2. The van der Waals surface area contributed by atoms with Crippen LogP contribution in [0, 0.1) is 0 Å². The Labute approximate surface area is 234 Å². The van der Waals surface area contributed by atoms with Crippen LogP contribution in [0.15, 0.2) is 30.3 Å². The topological polar surface area (TPSA) is 87.7 Å². The Balaban J connectivity index is 2.39. The number of carbonyl (C=O) groups is 3. The van der Waals surface area contributed by atoms with Gasteiger partial charge in [0.2, 0.25) is 11.8 Å². The first-order valence-corrected chi connectivity index (χ1v) is 15.7. The first-order chi connectivity index (χ1) is 18.2. The lowest BCUT2D eigenvalue weighted by atomic mass is 9.94.